The van der Waals surface area contributed by atoms with Crippen LogP contribution in [0.2, 0.25) is 0 Å². The number of hydrogen-bond donors (Lipinski definition) is 11. The van der Waals surface area contributed by atoms with Crippen molar-refractivity contribution in [1.82, 2.24) is 0 Å². The molecule has 5 aliphatic carbocycles. The Morgan fingerprint density at radius 2 is 1.42 bits per heavy atom. The summed E-state index contributed by atoms with van der Waals surface area (Å²) in [6.07, 6.45) is -22.3. The zero-order chi connectivity index (χ0) is 57.7. The predicted octanol–water partition coefficient (Wildman–Crippen LogP) is 0.982. The summed E-state index contributed by atoms with van der Waals surface area (Å²) in [7, 11) is 0. The first-order valence-electron chi connectivity index (χ1n) is 27.8. The smallest absolute Gasteiger partial charge is 0.335 e. The molecule has 0 aromatic carbocycles. The van der Waals surface area contributed by atoms with Gasteiger partial charge < -0.3 is 94.1 Å². The summed E-state index contributed by atoms with van der Waals surface area (Å²) >= 11 is 0. The van der Waals surface area contributed by atoms with Crippen LogP contribution in [-0.2, 0) is 52.3 Å². The molecule has 0 aromatic rings. The van der Waals surface area contributed by atoms with Gasteiger partial charge in [0.05, 0.1) is 36.8 Å². The molecule has 22 heteroatoms. The highest BCUT2D eigenvalue weighted by molar-refractivity contribution is 5.87. The van der Waals surface area contributed by atoms with Gasteiger partial charge in [0.1, 0.15) is 79.9 Å². The van der Waals surface area contributed by atoms with E-state index in [1.807, 2.05) is 13.8 Å². The van der Waals surface area contributed by atoms with Gasteiger partial charge in [-0.2, -0.15) is 0 Å². The first kappa shape index (κ1) is 61.3. The van der Waals surface area contributed by atoms with Crippen molar-refractivity contribution in [3.05, 3.63) is 23.3 Å². The first-order valence-corrected chi connectivity index (χ1v) is 27.8. The minimum atomic E-state index is -2.10. The van der Waals surface area contributed by atoms with Crippen LogP contribution < -0.4 is 0 Å². The van der Waals surface area contributed by atoms with Crippen LogP contribution in [0.5, 0.6) is 0 Å². The number of fused-ring (bicyclic) bond motifs is 7. The molecule has 3 saturated heterocycles. The molecule has 4 saturated carbocycles. The van der Waals surface area contributed by atoms with Crippen molar-refractivity contribution in [2.24, 2.45) is 56.2 Å². The number of hydrogen-bond acceptors (Lipinski definition) is 21. The van der Waals surface area contributed by atoms with Crippen LogP contribution >= 0.6 is 0 Å². The molecule has 0 bridgehead atoms. The summed E-state index contributed by atoms with van der Waals surface area (Å²) < 4.78 is 48.6. The van der Waals surface area contributed by atoms with E-state index in [4.69, 9.17) is 37.9 Å². The summed E-state index contributed by atoms with van der Waals surface area (Å²) in [6, 6.07) is 0. The lowest BCUT2D eigenvalue weighted by atomic mass is 9.33. The third-order valence-corrected chi connectivity index (χ3v) is 20.9. The third-order valence-electron chi connectivity index (χ3n) is 20.9. The maximum absolute atomic E-state index is 13.4. The number of carboxylic acids is 1. The molecular formula is C56H88O22. The van der Waals surface area contributed by atoms with Crippen molar-refractivity contribution in [1.29, 1.82) is 0 Å². The van der Waals surface area contributed by atoms with Crippen molar-refractivity contribution in [3.8, 4) is 0 Å². The van der Waals surface area contributed by atoms with E-state index in [0.717, 1.165) is 5.57 Å². The predicted molar refractivity (Wildman–Crippen MR) is 271 cm³/mol. The zero-order valence-corrected chi connectivity index (χ0v) is 46.8. The minimum Gasteiger partial charge on any atom is -0.479 e. The highest BCUT2D eigenvalue weighted by Gasteiger charge is 2.73. The quantitative estimate of drug-likeness (QED) is 0.0530. The Hall–Kier alpha value is -2.75. The molecular weight excluding hydrogens is 1020 g/mol. The summed E-state index contributed by atoms with van der Waals surface area (Å²) in [5, 5.41) is 122. The zero-order valence-electron chi connectivity index (χ0n) is 46.8. The van der Waals surface area contributed by atoms with Crippen LogP contribution in [0, 0.1) is 56.2 Å². The Labute approximate surface area is 456 Å². The molecule has 0 spiro atoms. The molecule has 444 valence electrons. The average Bonchev–Trinajstić information content (AvgIpc) is 3.28. The second kappa shape index (κ2) is 22.1. The molecule has 25 atom stereocenters. The Bertz CT molecular complexity index is 2270. The second-order valence-corrected chi connectivity index (χ2v) is 26.3. The standard InChI is InChI=1S/C56H88O22/c1-12-25(4)47(70)78-44-43(66)56(23-72-46(69)24(2)3)27(19-51(44,5)6)26-13-14-31-53(9)17-16-33(52(7,8)30(53)15-18-54(31,10)55(26,11)20-32(56)59)74-50-42(77-49-38(64)36(62)35(61)29(21-57)73-49)40(39(65)41(76-50)45(67)68)75-48-37(63)34(60)28(58)22-71-48/h12-13,24,27-44,48-50,57-66H,14-23H2,1-11H3,(H,67,68)/b25-12+/t27-,28+,29+,30-,31+,32+,33-,34-,35-,36-,37+,38+,39-,40-,41-,42+,43-,44-,48-,49-,50+,53-,54+,55+,56-/m0/s1. The van der Waals surface area contributed by atoms with E-state index in [1.54, 1.807) is 33.8 Å². The molecule has 0 aromatic heterocycles. The molecule has 78 heavy (non-hydrogen) atoms. The maximum Gasteiger partial charge on any atom is 0.335 e. The lowest BCUT2D eigenvalue weighted by Gasteiger charge is -2.72. The summed E-state index contributed by atoms with van der Waals surface area (Å²) in [5.41, 5.74) is -2.92. The molecule has 0 radical (unpaired) electrons. The van der Waals surface area contributed by atoms with E-state index < -0.39 is 180 Å². The Morgan fingerprint density at radius 1 is 0.769 bits per heavy atom. The van der Waals surface area contributed by atoms with E-state index in [-0.39, 0.29) is 30.3 Å². The summed E-state index contributed by atoms with van der Waals surface area (Å²) in [4.78, 5) is 39.5. The SMILES string of the molecule is C/C=C(\C)C(=O)O[C@H]1[C@H](O)[C@]2(COC(=O)C(C)C)[C@H](O)C[C@]3(C)C(=CC[C@@H]4[C@@]5(C)CC[C@H](O[C@@H]6O[C@H](C(=O)O)[C@@H](O)[C@H](O[C@@H]7OC[C@@H](O)[C@H](O)[C@H]7O)[C@H]6O[C@@H]6O[C@H](CO)[C@H](O)[C@H](O)[C@H]6O)C(C)(C)[C@@H]5CC[C@]43C)[C@@H]2CC1(C)C. The van der Waals surface area contributed by atoms with Crippen molar-refractivity contribution in [2.45, 2.75) is 232 Å². The van der Waals surface area contributed by atoms with Crippen molar-refractivity contribution in [3.63, 3.8) is 0 Å². The van der Waals surface area contributed by atoms with Crippen LogP contribution in [-0.4, -0.2) is 204 Å². The number of esters is 2. The summed E-state index contributed by atoms with van der Waals surface area (Å²) in [6.45, 7) is 20.0. The third kappa shape index (κ3) is 9.93. The van der Waals surface area contributed by atoms with E-state index in [1.165, 1.54) is 0 Å². The van der Waals surface area contributed by atoms with E-state index >= 15 is 0 Å². The molecule has 8 aliphatic rings. The van der Waals surface area contributed by atoms with Gasteiger partial charge in [0.25, 0.3) is 0 Å². The summed E-state index contributed by atoms with van der Waals surface area (Å²) in [5.74, 6) is -3.68. The lowest BCUT2D eigenvalue weighted by molar-refractivity contribution is -0.392. The van der Waals surface area contributed by atoms with Crippen LogP contribution in [0.4, 0.5) is 0 Å². The highest BCUT2D eigenvalue weighted by Crippen LogP contribution is 2.76. The Morgan fingerprint density at radius 3 is 2.05 bits per heavy atom. The number of carboxylic acid groups (broad SMARTS) is 1. The number of rotatable bonds is 13. The van der Waals surface area contributed by atoms with E-state index in [9.17, 15) is 70.6 Å². The highest BCUT2D eigenvalue weighted by atomic mass is 16.8. The van der Waals surface area contributed by atoms with Gasteiger partial charge in [-0.25, -0.2) is 9.59 Å². The number of carbonyl (C=O) groups excluding carboxylic acids is 2. The fraction of sp³-hybridized carbons (Fsp3) is 0.875. The molecule has 0 amide bonds. The average molecular weight is 1110 g/mol. The number of aliphatic hydroxyl groups is 10. The maximum atomic E-state index is 13.4. The van der Waals surface area contributed by atoms with Gasteiger partial charge in [-0.05, 0) is 98.2 Å². The fourth-order valence-corrected chi connectivity index (χ4v) is 16.0. The van der Waals surface area contributed by atoms with Gasteiger partial charge >= 0.3 is 17.9 Å². The minimum absolute atomic E-state index is 0.0311. The Balaban J connectivity index is 1.12. The molecule has 8 rings (SSSR count). The van der Waals surface area contributed by atoms with E-state index in [2.05, 4.69) is 40.7 Å². The van der Waals surface area contributed by atoms with Gasteiger partial charge in [0.2, 0.25) is 0 Å². The molecule has 3 aliphatic heterocycles. The van der Waals surface area contributed by atoms with Crippen LogP contribution in [0.3, 0.4) is 0 Å². The number of aliphatic carboxylic acids is 1. The van der Waals surface area contributed by atoms with Gasteiger partial charge in [-0.15, -0.1) is 0 Å². The second-order valence-electron chi connectivity index (χ2n) is 26.3. The number of carbonyl (C=O) groups is 3. The van der Waals surface area contributed by atoms with Crippen molar-refractivity contribution in [2.75, 3.05) is 19.8 Å². The normalized spacial score (nSPS) is 49.0. The fourth-order valence-electron chi connectivity index (χ4n) is 16.0. The molecule has 3 heterocycles. The van der Waals surface area contributed by atoms with Gasteiger partial charge in [-0.1, -0.05) is 80.0 Å². The largest absolute Gasteiger partial charge is 0.479 e. The molecule has 0 unspecified atom stereocenters. The van der Waals surface area contributed by atoms with E-state index in [0.29, 0.717) is 44.1 Å². The van der Waals surface area contributed by atoms with Crippen LogP contribution in [0.1, 0.15) is 121 Å². The number of aliphatic hydroxyl groups excluding tert-OH is 10. The van der Waals surface area contributed by atoms with Gasteiger partial charge in [-0.3, -0.25) is 4.79 Å². The number of allylic oxidation sites excluding steroid dienone is 3. The lowest BCUT2D eigenvalue weighted by Crippen LogP contribution is -2.72. The topological polar surface area (TPSA) is 348 Å². The van der Waals surface area contributed by atoms with Crippen LogP contribution in [0.15, 0.2) is 23.3 Å². The molecule has 22 nitrogen and oxygen atoms in total. The monoisotopic (exact) mass is 1110 g/mol. The molecule has 7 fully saturated rings. The first-order chi connectivity index (χ1) is 36.3. The van der Waals surface area contributed by atoms with Crippen LogP contribution in [0.25, 0.3) is 0 Å². The van der Waals surface area contributed by atoms with Gasteiger partial charge in [0.15, 0.2) is 25.0 Å². The van der Waals surface area contributed by atoms with Crippen molar-refractivity contribution >= 4 is 17.9 Å². The molecule has 11 N–H and O–H groups in total. The van der Waals surface area contributed by atoms with Crippen molar-refractivity contribution < 1.29 is 108 Å². The Kier molecular flexibility index (Phi) is 17.4. The van der Waals surface area contributed by atoms with Gasteiger partial charge in [0, 0.05) is 11.0 Å². The number of ether oxygens (including phenoxy) is 8.